The number of amides is 1. The number of aromatic nitrogens is 1. The monoisotopic (exact) mass is 213 g/mol. The summed E-state index contributed by atoms with van der Waals surface area (Å²) in [4.78, 5) is 10.3. The van der Waals surface area contributed by atoms with Gasteiger partial charge in [0, 0.05) is 0 Å². The van der Waals surface area contributed by atoms with Crippen LogP contribution < -0.4 is 10.1 Å². The summed E-state index contributed by atoms with van der Waals surface area (Å²) in [6, 6.07) is 1.83. The summed E-state index contributed by atoms with van der Waals surface area (Å²) >= 11 is 0.880. The molecule has 0 fully saturated rings. The third-order valence-electron chi connectivity index (χ3n) is 1.27. The van der Waals surface area contributed by atoms with Crippen molar-refractivity contribution in [2.75, 3.05) is 11.9 Å². The van der Waals surface area contributed by atoms with E-state index in [2.05, 4.69) is 9.69 Å². The van der Waals surface area contributed by atoms with Crippen LogP contribution in [0.1, 0.15) is 12.5 Å². The lowest BCUT2D eigenvalue weighted by Gasteiger charge is -1.98. The quantitative estimate of drug-likeness (QED) is 0.793. The Kier molecular flexibility index (Phi) is 3.25. The molecule has 0 atom stereocenters. The molecule has 0 spiro atoms. The first-order valence-corrected chi connectivity index (χ1v) is 4.48. The van der Waals surface area contributed by atoms with Crippen LogP contribution in [-0.4, -0.2) is 22.2 Å². The van der Waals surface area contributed by atoms with E-state index in [0.29, 0.717) is 6.61 Å². The first kappa shape index (κ1) is 10.3. The van der Waals surface area contributed by atoms with Gasteiger partial charge in [-0.15, -0.1) is 0 Å². The zero-order valence-corrected chi connectivity index (χ0v) is 8.09. The first-order chi connectivity index (χ1) is 6.69. The van der Waals surface area contributed by atoms with E-state index in [1.807, 2.05) is 6.07 Å². The van der Waals surface area contributed by atoms with Crippen LogP contribution in [-0.2, 0) is 0 Å². The third kappa shape index (κ3) is 2.11. The summed E-state index contributed by atoms with van der Waals surface area (Å²) in [6.07, 6.45) is -1.23. The highest BCUT2D eigenvalue weighted by molar-refractivity contribution is 7.10. The Morgan fingerprint density at radius 2 is 2.57 bits per heavy atom. The molecule has 0 aliphatic heterocycles. The van der Waals surface area contributed by atoms with Crippen molar-refractivity contribution in [3.8, 4) is 11.9 Å². The van der Waals surface area contributed by atoms with Crippen molar-refractivity contribution in [2.45, 2.75) is 6.92 Å². The summed E-state index contributed by atoms with van der Waals surface area (Å²) in [6.45, 7) is 2.13. The molecule has 1 aromatic heterocycles. The van der Waals surface area contributed by atoms with Gasteiger partial charge < -0.3 is 9.84 Å². The molecule has 0 saturated carbocycles. The van der Waals surface area contributed by atoms with Crippen LogP contribution in [0.5, 0.6) is 5.88 Å². The van der Waals surface area contributed by atoms with E-state index in [9.17, 15) is 4.79 Å². The number of nitriles is 1. The molecule has 0 saturated heterocycles. The zero-order valence-electron chi connectivity index (χ0n) is 7.27. The molecule has 0 radical (unpaired) electrons. The fourth-order valence-corrected chi connectivity index (χ4v) is 1.47. The van der Waals surface area contributed by atoms with E-state index >= 15 is 0 Å². The average molecular weight is 213 g/mol. The van der Waals surface area contributed by atoms with Crippen molar-refractivity contribution in [1.82, 2.24) is 4.37 Å². The molecule has 0 aromatic carbocycles. The minimum atomic E-state index is -1.23. The van der Waals surface area contributed by atoms with E-state index in [4.69, 9.17) is 15.1 Å². The highest BCUT2D eigenvalue weighted by Gasteiger charge is 2.15. The maximum Gasteiger partial charge on any atom is 0.409 e. The predicted octanol–water partition coefficient (Wildman–Crippen LogP) is 1.50. The van der Waals surface area contributed by atoms with Crippen LogP contribution in [0.25, 0.3) is 0 Å². The van der Waals surface area contributed by atoms with Crippen molar-refractivity contribution < 1.29 is 14.6 Å². The molecule has 1 rings (SSSR count). The van der Waals surface area contributed by atoms with Crippen molar-refractivity contribution >= 4 is 22.6 Å². The second-order valence-electron chi connectivity index (χ2n) is 2.17. The maximum absolute atomic E-state index is 10.3. The van der Waals surface area contributed by atoms with Gasteiger partial charge >= 0.3 is 6.09 Å². The van der Waals surface area contributed by atoms with Gasteiger partial charge in [0.15, 0.2) is 5.56 Å². The van der Waals surface area contributed by atoms with Gasteiger partial charge in [-0.05, 0) is 18.5 Å². The van der Waals surface area contributed by atoms with Gasteiger partial charge in [-0.25, -0.2) is 4.79 Å². The second-order valence-corrected chi connectivity index (χ2v) is 2.94. The maximum atomic E-state index is 10.3. The molecular formula is C7H7N3O3S. The summed E-state index contributed by atoms with van der Waals surface area (Å²) in [5.74, 6) is 0.170. The normalized spacial score (nSPS) is 9.14. The molecule has 14 heavy (non-hydrogen) atoms. The molecular weight excluding hydrogens is 206 g/mol. The highest BCUT2D eigenvalue weighted by Crippen LogP contribution is 2.29. The van der Waals surface area contributed by atoms with Crippen molar-refractivity contribution in [3.63, 3.8) is 0 Å². The third-order valence-corrected chi connectivity index (χ3v) is 2.02. The Balaban J connectivity index is 2.96. The van der Waals surface area contributed by atoms with Gasteiger partial charge in [0.05, 0.1) is 6.61 Å². The summed E-state index contributed by atoms with van der Waals surface area (Å²) in [5.41, 5.74) is 0.124. The molecule has 1 heterocycles. The Morgan fingerprint density at radius 3 is 3.07 bits per heavy atom. The molecule has 7 heteroatoms. The van der Waals surface area contributed by atoms with Gasteiger partial charge in [-0.1, -0.05) is 0 Å². The largest absolute Gasteiger partial charge is 0.476 e. The Labute approximate surface area is 83.9 Å². The molecule has 0 aliphatic rings. The average Bonchev–Trinajstić information content (AvgIpc) is 2.47. The molecule has 0 unspecified atom stereocenters. The van der Waals surface area contributed by atoms with Crippen molar-refractivity contribution in [2.24, 2.45) is 0 Å². The summed E-state index contributed by atoms with van der Waals surface area (Å²) in [5, 5.41) is 19.4. The minimum Gasteiger partial charge on any atom is -0.476 e. The number of ether oxygens (including phenoxy) is 1. The van der Waals surface area contributed by atoms with E-state index in [1.165, 1.54) is 0 Å². The SMILES string of the molecule is CCOc1nsc(NC(=O)O)c1C#N. The molecule has 74 valence electrons. The number of hydrogen-bond donors (Lipinski definition) is 2. The lowest BCUT2D eigenvalue weighted by atomic mass is 10.3. The predicted molar refractivity (Wildman–Crippen MR) is 49.6 cm³/mol. The van der Waals surface area contributed by atoms with Gasteiger partial charge in [0.25, 0.3) is 0 Å². The Hall–Kier alpha value is -1.81. The number of carboxylic acid groups (broad SMARTS) is 1. The van der Waals surface area contributed by atoms with Crippen LogP contribution in [0.4, 0.5) is 9.80 Å². The minimum absolute atomic E-state index is 0.124. The van der Waals surface area contributed by atoms with Crippen LogP contribution in [0.3, 0.4) is 0 Å². The van der Waals surface area contributed by atoms with Gasteiger partial charge in [-0.2, -0.15) is 9.64 Å². The first-order valence-electron chi connectivity index (χ1n) is 3.71. The number of rotatable bonds is 3. The smallest absolute Gasteiger partial charge is 0.409 e. The van der Waals surface area contributed by atoms with Gasteiger partial charge in [-0.3, -0.25) is 5.32 Å². The van der Waals surface area contributed by atoms with Crippen LogP contribution >= 0.6 is 11.5 Å². The molecule has 1 aromatic rings. The molecule has 6 nitrogen and oxygen atoms in total. The lowest BCUT2D eigenvalue weighted by molar-refractivity contribution is 0.210. The summed E-state index contributed by atoms with van der Waals surface area (Å²) < 4.78 is 8.83. The second kappa shape index (κ2) is 4.43. The number of nitrogens with one attached hydrogen (secondary N) is 1. The number of carbonyl (C=O) groups is 1. The van der Waals surface area contributed by atoms with E-state index < -0.39 is 6.09 Å². The molecule has 1 amide bonds. The van der Waals surface area contributed by atoms with E-state index in [-0.39, 0.29) is 16.4 Å². The van der Waals surface area contributed by atoms with Gasteiger partial charge in [0.2, 0.25) is 5.88 Å². The topological polar surface area (TPSA) is 95.2 Å². The summed E-state index contributed by atoms with van der Waals surface area (Å²) in [7, 11) is 0. The number of nitrogens with zero attached hydrogens (tertiary/aromatic N) is 2. The van der Waals surface area contributed by atoms with E-state index in [0.717, 1.165) is 11.5 Å². The molecule has 0 bridgehead atoms. The van der Waals surface area contributed by atoms with E-state index in [1.54, 1.807) is 6.92 Å². The van der Waals surface area contributed by atoms with Crippen LogP contribution in [0.2, 0.25) is 0 Å². The van der Waals surface area contributed by atoms with Crippen LogP contribution in [0.15, 0.2) is 0 Å². The van der Waals surface area contributed by atoms with Crippen LogP contribution in [0, 0.1) is 11.3 Å². The molecule has 0 aliphatic carbocycles. The Bertz CT molecular complexity index is 382. The van der Waals surface area contributed by atoms with Crippen molar-refractivity contribution in [1.29, 1.82) is 5.26 Å². The number of anilines is 1. The lowest BCUT2D eigenvalue weighted by Crippen LogP contribution is -2.06. The Morgan fingerprint density at radius 1 is 1.86 bits per heavy atom. The number of hydrogen-bond acceptors (Lipinski definition) is 5. The van der Waals surface area contributed by atoms with Crippen molar-refractivity contribution in [3.05, 3.63) is 5.56 Å². The fraction of sp³-hybridized carbons (Fsp3) is 0.286. The zero-order chi connectivity index (χ0) is 10.6. The van der Waals surface area contributed by atoms with Gasteiger partial charge in [0.1, 0.15) is 11.1 Å². The standard InChI is InChI=1S/C7H7N3O3S/c1-2-13-5-4(3-8)6(14-10-5)9-7(11)12/h9H,2H2,1H3,(H,11,12). The molecule has 2 N–H and O–H groups in total. The fourth-order valence-electron chi connectivity index (χ4n) is 0.792. The highest BCUT2D eigenvalue weighted by atomic mass is 32.1.